The normalized spacial score (nSPS) is 20.9. The largest absolute Gasteiger partial charge is 0.203 e. The Morgan fingerprint density at radius 1 is 0.857 bits per heavy atom. The zero-order valence-electron chi connectivity index (χ0n) is 17.6. The Balaban J connectivity index is 1.76. The highest BCUT2D eigenvalue weighted by atomic mass is 19.2. The smallest absolute Gasteiger partial charge is 0.166 e. The molecule has 0 aliphatic heterocycles. The van der Waals surface area contributed by atoms with Crippen molar-refractivity contribution in [3.05, 3.63) is 59.2 Å². The number of rotatable bonds is 7. The van der Waals surface area contributed by atoms with Gasteiger partial charge < -0.3 is 0 Å². The Hall–Kier alpha value is -1.70. The van der Waals surface area contributed by atoms with Crippen molar-refractivity contribution in [2.75, 3.05) is 0 Å². The summed E-state index contributed by atoms with van der Waals surface area (Å²) in [4.78, 5) is 0. The van der Waals surface area contributed by atoms with Gasteiger partial charge in [0.25, 0.3) is 0 Å². The van der Waals surface area contributed by atoms with E-state index >= 15 is 0 Å². The van der Waals surface area contributed by atoms with Gasteiger partial charge in [0.05, 0.1) is 0 Å². The fourth-order valence-electron chi connectivity index (χ4n) is 4.92. The van der Waals surface area contributed by atoms with Crippen LogP contribution in [0.4, 0.5) is 8.78 Å². The van der Waals surface area contributed by atoms with Crippen LogP contribution in [0.25, 0.3) is 11.1 Å². The molecule has 0 amide bonds. The van der Waals surface area contributed by atoms with Gasteiger partial charge >= 0.3 is 0 Å². The second-order valence-electron chi connectivity index (χ2n) is 8.64. The molecule has 3 rings (SSSR count). The Morgan fingerprint density at radius 2 is 1.54 bits per heavy atom. The van der Waals surface area contributed by atoms with Gasteiger partial charge in [-0.25, -0.2) is 8.78 Å². The first-order valence-corrected chi connectivity index (χ1v) is 11.1. The summed E-state index contributed by atoms with van der Waals surface area (Å²) in [6, 6.07) is 11.4. The molecule has 1 fully saturated rings. The molecular formula is C26H34F2. The third kappa shape index (κ3) is 4.64. The Bertz CT molecular complexity index is 755. The second kappa shape index (κ2) is 9.67. The van der Waals surface area contributed by atoms with Crippen LogP contribution >= 0.6 is 0 Å². The minimum Gasteiger partial charge on any atom is -0.203 e. The van der Waals surface area contributed by atoms with Gasteiger partial charge in [-0.1, -0.05) is 89.3 Å². The predicted octanol–water partition coefficient (Wildman–Crippen LogP) is 8.29. The Morgan fingerprint density at radius 3 is 2.14 bits per heavy atom. The highest BCUT2D eigenvalue weighted by Gasteiger charge is 2.28. The van der Waals surface area contributed by atoms with Gasteiger partial charge in [0.15, 0.2) is 11.6 Å². The molecule has 0 nitrogen and oxygen atoms in total. The summed E-state index contributed by atoms with van der Waals surface area (Å²) >= 11 is 0. The summed E-state index contributed by atoms with van der Waals surface area (Å²) in [6.45, 7) is 6.45. The fraction of sp³-hybridized carbons (Fsp3) is 0.538. The van der Waals surface area contributed by atoms with E-state index in [1.807, 2.05) is 30.3 Å². The molecule has 1 aliphatic rings. The van der Waals surface area contributed by atoms with Gasteiger partial charge in [-0.2, -0.15) is 0 Å². The molecule has 1 aliphatic carbocycles. The van der Waals surface area contributed by atoms with E-state index in [1.54, 1.807) is 6.07 Å². The van der Waals surface area contributed by atoms with Gasteiger partial charge in [0, 0.05) is 5.56 Å². The topological polar surface area (TPSA) is 0 Å². The maximum Gasteiger partial charge on any atom is 0.166 e. The molecule has 2 aromatic carbocycles. The predicted molar refractivity (Wildman–Crippen MR) is 115 cm³/mol. The van der Waals surface area contributed by atoms with Crippen molar-refractivity contribution in [1.29, 1.82) is 0 Å². The SMILES string of the molecule is CCCc1ccc(-c2ccc(C(C)C3CCC(CCC)CC3)c(F)c2F)cc1. The number of aryl methyl sites for hydroxylation is 1. The lowest BCUT2D eigenvalue weighted by molar-refractivity contribution is 0.236. The third-order valence-electron chi connectivity index (χ3n) is 6.70. The van der Waals surface area contributed by atoms with Gasteiger partial charge in [0.1, 0.15) is 0 Å². The molecule has 0 N–H and O–H groups in total. The molecule has 1 atom stereocenters. The maximum atomic E-state index is 15.0. The third-order valence-corrected chi connectivity index (χ3v) is 6.70. The van der Waals surface area contributed by atoms with Gasteiger partial charge in [-0.05, 0) is 53.7 Å². The van der Waals surface area contributed by atoms with E-state index in [0.29, 0.717) is 17.0 Å². The van der Waals surface area contributed by atoms with Crippen LogP contribution in [0.3, 0.4) is 0 Å². The van der Waals surface area contributed by atoms with E-state index in [4.69, 9.17) is 0 Å². The molecule has 2 heteroatoms. The quantitative estimate of drug-likeness (QED) is 0.450. The molecule has 1 unspecified atom stereocenters. The summed E-state index contributed by atoms with van der Waals surface area (Å²) in [5.41, 5.74) is 2.89. The van der Waals surface area contributed by atoms with Crippen LogP contribution in [0.2, 0.25) is 0 Å². The minimum atomic E-state index is -0.702. The standard InChI is InChI=1S/C26H34F2/c1-4-6-19-8-12-21(13-9-19)18(3)23-16-17-24(26(28)25(23)27)22-14-10-20(7-5-2)11-15-22/h10-11,14-19,21H,4-9,12-13H2,1-3H3. The highest BCUT2D eigenvalue weighted by molar-refractivity contribution is 5.65. The molecule has 28 heavy (non-hydrogen) atoms. The van der Waals surface area contributed by atoms with Gasteiger partial charge in [-0.3, -0.25) is 0 Å². The van der Waals surface area contributed by atoms with E-state index in [9.17, 15) is 8.78 Å². The van der Waals surface area contributed by atoms with E-state index in [-0.39, 0.29) is 5.92 Å². The molecular weight excluding hydrogens is 350 g/mol. The molecule has 0 spiro atoms. The van der Waals surface area contributed by atoms with Crippen LogP contribution in [0.5, 0.6) is 0 Å². The van der Waals surface area contributed by atoms with Crippen molar-refractivity contribution in [2.45, 2.75) is 78.1 Å². The molecule has 1 saturated carbocycles. The first kappa shape index (κ1) is 21.0. The molecule has 152 valence electrons. The average Bonchev–Trinajstić information content (AvgIpc) is 2.71. The summed E-state index contributed by atoms with van der Waals surface area (Å²) in [5, 5.41) is 0. The number of hydrogen-bond donors (Lipinski definition) is 0. The van der Waals surface area contributed by atoms with E-state index in [1.165, 1.54) is 31.2 Å². The van der Waals surface area contributed by atoms with Crippen molar-refractivity contribution in [1.82, 2.24) is 0 Å². The molecule has 0 heterocycles. The minimum absolute atomic E-state index is 0.0676. The van der Waals surface area contributed by atoms with E-state index in [0.717, 1.165) is 37.2 Å². The molecule has 2 aromatic rings. The van der Waals surface area contributed by atoms with Crippen LogP contribution in [0, 0.1) is 23.5 Å². The van der Waals surface area contributed by atoms with Crippen molar-refractivity contribution in [3.8, 4) is 11.1 Å². The van der Waals surface area contributed by atoms with Crippen molar-refractivity contribution in [2.24, 2.45) is 11.8 Å². The number of halogens is 2. The molecule has 0 aromatic heterocycles. The summed E-state index contributed by atoms with van der Waals surface area (Å²) < 4.78 is 29.9. The van der Waals surface area contributed by atoms with Gasteiger partial charge in [-0.15, -0.1) is 0 Å². The van der Waals surface area contributed by atoms with E-state index in [2.05, 4.69) is 20.8 Å². The lowest BCUT2D eigenvalue weighted by Gasteiger charge is -2.32. The zero-order valence-corrected chi connectivity index (χ0v) is 17.6. The molecule has 0 radical (unpaired) electrons. The number of hydrogen-bond acceptors (Lipinski definition) is 0. The maximum absolute atomic E-state index is 15.0. The lowest BCUT2D eigenvalue weighted by Crippen LogP contribution is -2.20. The average molecular weight is 385 g/mol. The van der Waals surface area contributed by atoms with Crippen LogP contribution in [-0.2, 0) is 6.42 Å². The summed E-state index contributed by atoms with van der Waals surface area (Å²) in [7, 11) is 0. The zero-order chi connectivity index (χ0) is 20.1. The first-order chi connectivity index (χ1) is 13.5. The van der Waals surface area contributed by atoms with Crippen molar-refractivity contribution >= 4 is 0 Å². The van der Waals surface area contributed by atoms with Crippen LogP contribution in [-0.4, -0.2) is 0 Å². The Labute approximate surface area is 169 Å². The van der Waals surface area contributed by atoms with E-state index < -0.39 is 11.6 Å². The fourth-order valence-corrected chi connectivity index (χ4v) is 4.92. The van der Waals surface area contributed by atoms with Gasteiger partial charge in [0.2, 0.25) is 0 Å². The molecule has 0 bridgehead atoms. The monoisotopic (exact) mass is 384 g/mol. The summed E-state index contributed by atoms with van der Waals surface area (Å²) in [6.07, 6.45) is 9.36. The lowest BCUT2D eigenvalue weighted by atomic mass is 9.73. The summed E-state index contributed by atoms with van der Waals surface area (Å²) in [5.74, 6) is -0.00194. The highest BCUT2D eigenvalue weighted by Crippen LogP contribution is 2.41. The van der Waals surface area contributed by atoms with Crippen LogP contribution < -0.4 is 0 Å². The van der Waals surface area contributed by atoms with Crippen LogP contribution in [0.15, 0.2) is 36.4 Å². The van der Waals surface area contributed by atoms with Crippen molar-refractivity contribution < 1.29 is 8.78 Å². The molecule has 0 saturated heterocycles. The number of benzene rings is 2. The van der Waals surface area contributed by atoms with Crippen molar-refractivity contribution in [3.63, 3.8) is 0 Å². The second-order valence-corrected chi connectivity index (χ2v) is 8.64. The first-order valence-electron chi connectivity index (χ1n) is 11.1. The van der Waals surface area contributed by atoms with Crippen LogP contribution in [0.1, 0.15) is 82.8 Å². The Kier molecular flexibility index (Phi) is 7.26.